The molecule has 24 heavy (non-hydrogen) atoms. The number of nitrogens with one attached hydrogen (secondary N) is 1. The van der Waals surface area contributed by atoms with Crippen LogP contribution in [0.5, 0.6) is 0 Å². The number of nitrogens with zero attached hydrogens (tertiary/aromatic N) is 6. The molecule has 1 fully saturated rings. The first-order valence-corrected chi connectivity index (χ1v) is 8.03. The molecule has 128 valence electrons. The fourth-order valence-corrected chi connectivity index (χ4v) is 2.76. The van der Waals surface area contributed by atoms with Gasteiger partial charge >= 0.3 is 0 Å². The van der Waals surface area contributed by atoms with E-state index in [9.17, 15) is 4.79 Å². The standard InChI is InChI=1S/C15H21N7O2/c1-11-4-5-17-15(18-11)21-7-2-3-12(9-21)22-10-13(19-20-22)14(24)16-6-8-23/h4-5,10,12,23H,2-3,6-9H2,1H3,(H,16,24)/t12-/m1/s1. The summed E-state index contributed by atoms with van der Waals surface area (Å²) in [6.07, 6.45) is 5.37. The Hall–Kier alpha value is -2.55. The van der Waals surface area contributed by atoms with Crippen LogP contribution < -0.4 is 10.2 Å². The van der Waals surface area contributed by atoms with Crippen LogP contribution in [0.1, 0.15) is 35.1 Å². The zero-order valence-corrected chi connectivity index (χ0v) is 13.6. The molecular weight excluding hydrogens is 310 g/mol. The number of aromatic nitrogens is 5. The molecule has 0 bridgehead atoms. The highest BCUT2D eigenvalue weighted by atomic mass is 16.3. The quantitative estimate of drug-likeness (QED) is 0.790. The molecule has 0 aromatic carbocycles. The summed E-state index contributed by atoms with van der Waals surface area (Å²) in [5.74, 6) is 0.394. The van der Waals surface area contributed by atoms with Crippen molar-refractivity contribution in [2.24, 2.45) is 0 Å². The molecule has 2 N–H and O–H groups in total. The van der Waals surface area contributed by atoms with E-state index in [-0.39, 0.29) is 30.8 Å². The molecule has 2 aromatic heterocycles. The van der Waals surface area contributed by atoms with Gasteiger partial charge in [-0.25, -0.2) is 14.6 Å². The molecule has 0 radical (unpaired) electrons. The first kappa shape index (κ1) is 16.3. The van der Waals surface area contributed by atoms with Gasteiger partial charge in [0.25, 0.3) is 5.91 Å². The lowest BCUT2D eigenvalue weighted by Gasteiger charge is -2.32. The molecule has 9 nitrogen and oxygen atoms in total. The van der Waals surface area contributed by atoms with Crippen LogP contribution in [0.2, 0.25) is 0 Å². The number of piperidine rings is 1. The van der Waals surface area contributed by atoms with Crippen LogP contribution in [0.3, 0.4) is 0 Å². The van der Waals surface area contributed by atoms with Crippen molar-refractivity contribution in [2.75, 3.05) is 31.1 Å². The third-order valence-corrected chi connectivity index (χ3v) is 3.98. The molecule has 1 saturated heterocycles. The second-order valence-electron chi connectivity index (χ2n) is 5.80. The van der Waals surface area contributed by atoms with E-state index < -0.39 is 0 Å². The minimum Gasteiger partial charge on any atom is -0.395 e. The van der Waals surface area contributed by atoms with Crippen LogP contribution in [0.4, 0.5) is 5.95 Å². The summed E-state index contributed by atoms with van der Waals surface area (Å²) in [7, 11) is 0. The third kappa shape index (κ3) is 3.67. The minimum absolute atomic E-state index is 0.103. The number of aliphatic hydroxyl groups is 1. The van der Waals surface area contributed by atoms with Crippen LogP contribution in [0.15, 0.2) is 18.5 Å². The van der Waals surface area contributed by atoms with Crippen molar-refractivity contribution in [1.29, 1.82) is 0 Å². The Labute approximate surface area is 139 Å². The highest BCUT2D eigenvalue weighted by Gasteiger charge is 2.24. The molecule has 0 saturated carbocycles. The van der Waals surface area contributed by atoms with Crippen LogP contribution >= 0.6 is 0 Å². The molecule has 9 heteroatoms. The smallest absolute Gasteiger partial charge is 0.273 e. The van der Waals surface area contributed by atoms with Crippen LogP contribution in [-0.4, -0.2) is 62.2 Å². The lowest BCUT2D eigenvalue weighted by Crippen LogP contribution is -2.38. The average molecular weight is 331 g/mol. The number of hydrogen-bond acceptors (Lipinski definition) is 7. The predicted octanol–water partition coefficient (Wildman–Crippen LogP) is -0.0599. The molecule has 3 rings (SSSR count). The van der Waals surface area contributed by atoms with Gasteiger partial charge in [0.15, 0.2) is 5.69 Å². The van der Waals surface area contributed by atoms with Crippen molar-refractivity contribution in [3.05, 3.63) is 29.8 Å². The molecule has 1 amide bonds. The Bertz CT molecular complexity index is 703. The number of rotatable bonds is 5. The number of hydrogen-bond donors (Lipinski definition) is 2. The van der Waals surface area contributed by atoms with E-state index in [1.807, 2.05) is 13.0 Å². The maximum absolute atomic E-state index is 11.9. The van der Waals surface area contributed by atoms with Gasteiger partial charge in [-0.3, -0.25) is 4.79 Å². The second-order valence-corrected chi connectivity index (χ2v) is 5.80. The summed E-state index contributed by atoms with van der Waals surface area (Å²) in [6.45, 7) is 3.67. The highest BCUT2D eigenvalue weighted by Crippen LogP contribution is 2.23. The van der Waals surface area contributed by atoms with E-state index in [4.69, 9.17) is 5.11 Å². The van der Waals surface area contributed by atoms with Crippen molar-refractivity contribution in [3.8, 4) is 0 Å². The van der Waals surface area contributed by atoms with Gasteiger partial charge in [0.05, 0.1) is 18.8 Å². The van der Waals surface area contributed by atoms with Crippen LogP contribution in [0.25, 0.3) is 0 Å². The first-order chi connectivity index (χ1) is 11.7. The van der Waals surface area contributed by atoms with Gasteiger partial charge in [-0.05, 0) is 25.8 Å². The molecule has 0 aliphatic carbocycles. The zero-order chi connectivity index (χ0) is 16.9. The van der Waals surface area contributed by atoms with Crippen LogP contribution in [-0.2, 0) is 0 Å². The molecule has 1 atom stereocenters. The fraction of sp³-hybridized carbons (Fsp3) is 0.533. The van der Waals surface area contributed by atoms with Crippen molar-refractivity contribution < 1.29 is 9.90 Å². The molecule has 1 aliphatic heterocycles. The van der Waals surface area contributed by atoms with Crippen molar-refractivity contribution in [3.63, 3.8) is 0 Å². The number of aryl methyl sites for hydroxylation is 1. The van der Waals surface area contributed by atoms with Crippen molar-refractivity contribution >= 4 is 11.9 Å². The number of aliphatic hydroxyl groups excluding tert-OH is 1. The summed E-state index contributed by atoms with van der Waals surface area (Å²) >= 11 is 0. The molecule has 3 heterocycles. The van der Waals surface area contributed by atoms with Gasteiger partial charge in [0.2, 0.25) is 5.95 Å². The maximum Gasteiger partial charge on any atom is 0.273 e. The van der Waals surface area contributed by atoms with E-state index in [2.05, 4.69) is 30.5 Å². The number of amides is 1. The molecule has 0 unspecified atom stereocenters. The fourth-order valence-electron chi connectivity index (χ4n) is 2.76. The highest BCUT2D eigenvalue weighted by molar-refractivity contribution is 5.91. The summed E-state index contributed by atoms with van der Waals surface area (Å²) in [5.41, 5.74) is 1.19. The minimum atomic E-state index is -0.329. The molecular formula is C15H21N7O2. The normalized spacial score (nSPS) is 17.8. The Morgan fingerprint density at radius 1 is 1.50 bits per heavy atom. The SMILES string of the molecule is Cc1ccnc(N2CCC[C@@H](n3cc(C(=O)NCCO)nn3)C2)n1. The molecule has 2 aromatic rings. The Morgan fingerprint density at radius 3 is 3.17 bits per heavy atom. The van der Waals surface area contributed by atoms with Crippen LogP contribution in [0, 0.1) is 6.92 Å². The average Bonchev–Trinajstić information content (AvgIpc) is 3.10. The second kappa shape index (κ2) is 7.35. The van der Waals surface area contributed by atoms with Gasteiger partial charge < -0.3 is 15.3 Å². The van der Waals surface area contributed by atoms with E-state index in [0.29, 0.717) is 0 Å². The summed E-state index contributed by atoms with van der Waals surface area (Å²) < 4.78 is 1.73. The van der Waals surface area contributed by atoms with Gasteiger partial charge in [0, 0.05) is 31.5 Å². The number of carbonyl (C=O) groups is 1. The van der Waals surface area contributed by atoms with Gasteiger partial charge in [0.1, 0.15) is 0 Å². The van der Waals surface area contributed by atoms with Gasteiger partial charge in [-0.1, -0.05) is 5.21 Å². The monoisotopic (exact) mass is 331 g/mol. The summed E-state index contributed by atoms with van der Waals surface area (Å²) in [6, 6.07) is 1.99. The maximum atomic E-state index is 11.9. The Kier molecular flexibility index (Phi) is 4.99. The summed E-state index contributed by atoms with van der Waals surface area (Å²) in [5, 5.41) is 19.3. The van der Waals surface area contributed by atoms with Gasteiger partial charge in [-0.2, -0.15) is 0 Å². The van der Waals surface area contributed by atoms with E-state index >= 15 is 0 Å². The Balaban J connectivity index is 1.69. The first-order valence-electron chi connectivity index (χ1n) is 8.03. The zero-order valence-electron chi connectivity index (χ0n) is 13.6. The van der Waals surface area contributed by atoms with Crippen molar-refractivity contribution in [2.45, 2.75) is 25.8 Å². The summed E-state index contributed by atoms with van der Waals surface area (Å²) in [4.78, 5) is 22.8. The van der Waals surface area contributed by atoms with Crippen molar-refractivity contribution in [1.82, 2.24) is 30.3 Å². The van der Waals surface area contributed by atoms with E-state index in [1.54, 1.807) is 17.1 Å². The number of carbonyl (C=O) groups excluding carboxylic acids is 1. The largest absolute Gasteiger partial charge is 0.395 e. The van der Waals surface area contributed by atoms with E-state index in [0.717, 1.165) is 37.6 Å². The van der Waals surface area contributed by atoms with E-state index in [1.165, 1.54) is 0 Å². The van der Waals surface area contributed by atoms with Gasteiger partial charge in [-0.15, -0.1) is 5.10 Å². The lowest BCUT2D eigenvalue weighted by atomic mass is 10.1. The molecule has 1 aliphatic rings. The topological polar surface area (TPSA) is 109 Å². The predicted molar refractivity (Wildman–Crippen MR) is 86.7 cm³/mol. The third-order valence-electron chi connectivity index (χ3n) is 3.98. The molecule has 0 spiro atoms. The number of anilines is 1. The lowest BCUT2D eigenvalue weighted by molar-refractivity contribution is 0.0939. The Morgan fingerprint density at radius 2 is 2.38 bits per heavy atom.